The molecule has 1 aliphatic heterocycles. The Hall–Kier alpha value is -2.71. The normalized spacial score (nSPS) is 17.2. The van der Waals surface area contributed by atoms with Crippen molar-refractivity contribution in [1.82, 2.24) is 9.80 Å². The Morgan fingerprint density at radius 3 is 2.64 bits per heavy atom. The molecule has 0 aliphatic carbocycles. The Labute approximate surface area is 163 Å². The number of ether oxygens (including phenoxy) is 1. The van der Waals surface area contributed by atoms with Crippen molar-refractivity contribution in [3.63, 3.8) is 0 Å². The van der Waals surface area contributed by atoms with Crippen LogP contribution in [-0.4, -0.2) is 58.0 Å². The standard InChI is InChI=1S/C19H26FN3O5/c1-5-22(17(24)13-8-9-15(20)16(11-13)23(26)27)14-7-6-10-21(12-14)18(25)28-19(2,3)4/h8-9,11,14H,5-7,10,12H2,1-4H3/t14-/m1/s1. The Bertz CT molecular complexity index is 762. The van der Waals surface area contributed by atoms with E-state index in [0.29, 0.717) is 32.5 Å². The molecular weight excluding hydrogens is 369 g/mol. The van der Waals surface area contributed by atoms with Crippen molar-refractivity contribution < 1.29 is 23.6 Å². The number of hydrogen-bond acceptors (Lipinski definition) is 5. The zero-order valence-electron chi connectivity index (χ0n) is 16.6. The second-order valence-corrected chi connectivity index (χ2v) is 7.74. The molecule has 0 unspecified atom stereocenters. The summed E-state index contributed by atoms with van der Waals surface area (Å²) in [6.07, 6.45) is 0.970. The molecule has 2 rings (SSSR count). The molecular formula is C19H26FN3O5. The van der Waals surface area contributed by atoms with E-state index in [1.165, 1.54) is 6.07 Å². The molecule has 0 saturated carbocycles. The van der Waals surface area contributed by atoms with Crippen molar-refractivity contribution in [3.05, 3.63) is 39.7 Å². The van der Waals surface area contributed by atoms with Gasteiger partial charge in [0.15, 0.2) is 0 Å². The van der Waals surface area contributed by atoms with Crippen molar-refractivity contribution in [1.29, 1.82) is 0 Å². The fraction of sp³-hybridized carbons (Fsp3) is 0.579. The molecule has 1 saturated heterocycles. The minimum absolute atomic E-state index is 0.0457. The zero-order chi connectivity index (χ0) is 21.1. The quantitative estimate of drug-likeness (QED) is 0.574. The maximum Gasteiger partial charge on any atom is 0.410 e. The van der Waals surface area contributed by atoms with Crippen molar-refractivity contribution in [3.8, 4) is 0 Å². The molecule has 2 amide bonds. The minimum atomic E-state index is -0.988. The molecule has 8 nitrogen and oxygen atoms in total. The predicted octanol–water partition coefficient (Wildman–Crippen LogP) is 3.60. The van der Waals surface area contributed by atoms with E-state index >= 15 is 0 Å². The lowest BCUT2D eigenvalue weighted by atomic mass is 10.0. The van der Waals surface area contributed by atoms with Crippen LogP contribution in [0, 0.1) is 15.9 Å². The molecule has 0 N–H and O–H groups in total. The lowest BCUT2D eigenvalue weighted by Crippen LogP contribution is -2.52. The van der Waals surface area contributed by atoms with Crippen LogP contribution >= 0.6 is 0 Å². The van der Waals surface area contributed by atoms with Gasteiger partial charge in [-0.3, -0.25) is 14.9 Å². The highest BCUT2D eigenvalue weighted by molar-refractivity contribution is 5.95. The van der Waals surface area contributed by atoms with E-state index < -0.39 is 34.0 Å². The smallest absolute Gasteiger partial charge is 0.410 e. The first kappa shape index (κ1) is 21.6. The molecule has 0 spiro atoms. The van der Waals surface area contributed by atoms with Gasteiger partial charge in [-0.1, -0.05) is 0 Å². The van der Waals surface area contributed by atoms with Crippen LogP contribution in [0.3, 0.4) is 0 Å². The number of nitrogens with zero attached hydrogens (tertiary/aromatic N) is 3. The highest BCUT2D eigenvalue weighted by Crippen LogP contribution is 2.23. The Morgan fingerprint density at radius 1 is 1.39 bits per heavy atom. The van der Waals surface area contributed by atoms with Crippen LogP contribution in [0.25, 0.3) is 0 Å². The first-order chi connectivity index (χ1) is 13.0. The number of amides is 2. The van der Waals surface area contributed by atoms with Crippen molar-refractivity contribution in [2.24, 2.45) is 0 Å². The van der Waals surface area contributed by atoms with Crippen LogP contribution in [0.1, 0.15) is 50.9 Å². The molecule has 1 aliphatic rings. The monoisotopic (exact) mass is 395 g/mol. The number of nitro groups is 1. The summed E-state index contributed by atoms with van der Waals surface area (Å²) in [5, 5.41) is 11.0. The first-order valence-electron chi connectivity index (χ1n) is 9.26. The molecule has 1 fully saturated rings. The van der Waals surface area contributed by atoms with Crippen LogP contribution in [-0.2, 0) is 4.74 Å². The van der Waals surface area contributed by atoms with Gasteiger partial charge >= 0.3 is 11.8 Å². The number of carbonyl (C=O) groups is 2. The van der Waals surface area contributed by atoms with E-state index in [0.717, 1.165) is 12.1 Å². The number of nitro benzene ring substituents is 1. The number of carbonyl (C=O) groups excluding carboxylic acids is 2. The van der Waals surface area contributed by atoms with Gasteiger partial charge < -0.3 is 14.5 Å². The van der Waals surface area contributed by atoms with Crippen LogP contribution < -0.4 is 0 Å². The average molecular weight is 395 g/mol. The van der Waals surface area contributed by atoms with Gasteiger partial charge in [-0.2, -0.15) is 4.39 Å². The summed E-state index contributed by atoms with van der Waals surface area (Å²) in [4.78, 5) is 38.5. The van der Waals surface area contributed by atoms with Gasteiger partial charge in [0.2, 0.25) is 5.82 Å². The fourth-order valence-electron chi connectivity index (χ4n) is 3.22. The van der Waals surface area contributed by atoms with E-state index in [2.05, 4.69) is 0 Å². The topological polar surface area (TPSA) is 93.0 Å². The van der Waals surface area contributed by atoms with Gasteiger partial charge in [0, 0.05) is 37.3 Å². The van der Waals surface area contributed by atoms with E-state index in [4.69, 9.17) is 4.74 Å². The summed E-state index contributed by atoms with van der Waals surface area (Å²) >= 11 is 0. The Balaban J connectivity index is 2.18. The van der Waals surface area contributed by atoms with Crippen LogP contribution in [0.2, 0.25) is 0 Å². The summed E-state index contributed by atoms with van der Waals surface area (Å²) in [7, 11) is 0. The molecule has 0 radical (unpaired) electrons. The molecule has 9 heteroatoms. The Morgan fingerprint density at radius 2 is 2.07 bits per heavy atom. The molecule has 1 aromatic rings. The highest BCUT2D eigenvalue weighted by atomic mass is 19.1. The van der Waals surface area contributed by atoms with E-state index in [1.807, 2.05) is 0 Å². The van der Waals surface area contributed by atoms with Gasteiger partial charge in [0.1, 0.15) is 5.60 Å². The lowest BCUT2D eigenvalue weighted by Gasteiger charge is -2.39. The van der Waals surface area contributed by atoms with Gasteiger partial charge in [0.05, 0.1) is 4.92 Å². The zero-order valence-corrected chi connectivity index (χ0v) is 16.6. The Kier molecular flexibility index (Phi) is 6.58. The second kappa shape index (κ2) is 8.53. The third kappa shape index (κ3) is 5.17. The lowest BCUT2D eigenvalue weighted by molar-refractivity contribution is -0.387. The first-order valence-corrected chi connectivity index (χ1v) is 9.26. The highest BCUT2D eigenvalue weighted by Gasteiger charge is 2.33. The van der Waals surface area contributed by atoms with Gasteiger partial charge in [0.25, 0.3) is 5.91 Å². The molecule has 1 aromatic carbocycles. The third-order valence-electron chi connectivity index (χ3n) is 4.48. The summed E-state index contributed by atoms with van der Waals surface area (Å²) in [6.45, 7) is 8.37. The SMILES string of the molecule is CCN(C(=O)c1ccc(F)c([N+](=O)[O-])c1)[C@@H]1CCCN(C(=O)OC(C)(C)C)C1. The molecule has 1 heterocycles. The molecule has 1 atom stereocenters. The number of likely N-dealkylation sites (tertiary alicyclic amines) is 1. The van der Waals surface area contributed by atoms with Crippen LogP contribution in [0.4, 0.5) is 14.9 Å². The van der Waals surface area contributed by atoms with E-state index in [9.17, 15) is 24.1 Å². The van der Waals surface area contributed by atoms with Gasteiger partial charge in [-0.05, 0) is 52.7 Å². The predicted molar refractivity (Wildman–Crippen MR) is 101 cm³/mol. The number of rotatable bonds is 4. The fourth-order valence-corrected chi connectivity index (χ4v) is 3.22. The summed E-state index contributed by atoms with van der Waals surface area (Å²) in [6, 6.07) is 2.87. The molecule has 0 aromatic heterocycles. The molecule has 28 heavy (non-hydrogen) atoms. The number of halogens is 1. The van der Waals surface area contributed by atoms with Crippen molar-refractivity contribution in [2.45, 2.75) is 52.2 Å². The molecule has 154 valence electrons. The average Bonchev–Trinajstić information content (AvgIpc) is 2.61. The minimum Gasteiger partial charge on any atom is -0.444 e. The molecule has 0 bridgehead atoms. The number of hydrogen-bond donors (Lipinski definition) is 0. The van der Waals surface area contributed by atoms with E-state index in [1.54, 1.807) is 37.5 Å². The number of benzene rings is 1. The summed E-state index contributed by atoms with van der Waals surface area (Å²) in [5.74, 6) is -1.42. The largest absolute Gasteiger partial charge is 0.444 e. The van der Waals surface area contributed by atoms with Gasteiger partial charge in [-0.25, -0.2) is 4.79 Å². The number of piperidine rings is 1. The maximum atomic E-state index is 13.6. The van der Waals surface area contributed by atoms with Crippen LogP contribution in [0.5, 0.6) is 0 Å². The maximum absolute atomic E-state index is 13.6. The van der Waals surface area contributed by atoms with Gasteiger partial charge in [-0.15, -0.1) is 0 Å². The van der Waals surface area contributed by atoms with Crippen molar-refractivity contribution in [2.75, 3.05) is 19.6 Å². The second-order valence-electron chi connectivity index (χ2n) is 7.74. The number of likely N-dealkylation sites (N-methyl/N-ethyl adjacent to an activating group) is 1. The summed E-state index contributed by atoms with van der Waals surface area (Å²) in [5.41, 5.74) is -1.30. The van der Waals surface area contributed by atoms with Crippen LogP contribution in [0.15, 0.2) is 18.2 Å². The van der Waals surface area contributed by atoms with E-state index in [-0.39, 0.29) is 11.6 Å². The van der Waals surface area contributed by atoms with Crippen molar-refractivity contribution >= 4 is 17.7 Å². The third-order valence-corrected chi connectivity index (χ3v) is 4.48. The summed E-state index contributed by atoms with van der Waals surface area (Å²) < 4.78 is 19.0.